The van der Waals surface area contributed by atoms with Gasteiger partial charge in [-0.1, -0.05) is 13.8 Å². The largest absolute Gasteiger partial charge is 0.497 e. The van der Waals surface area contributed by atoms with Crippen LogP contribution in [0.3, 0.4) is 0 Å². The Balaban J connectivity index is 2.32. The summed E-state index contributed by atoms with van der Waals surface area (Å²) in [7, 11) is -1.10. The van der Waals surface area contributed by atoms with Crippen molar-refractivity contribution < 1.29 is 22.7 Å². The monoisotopic (exact) mass is 370 g/mol. The Hall–Kier alpha value is -1.80. The van der Waals surface area contributed by atoms with E-state index in [1.807, 2.05) is 13.8 Å². The average Bonchev–Trinajstić information content (AvgIpc) is 3.13. The lowest BCUT2D eigenvalue weighted by atomic mass is 10.0. The molecule has 0 unspecified atom stereocenters. The van der Waals surface area contributed by atoms with Crippen molar-refractivity contribution in [3.63, 3.8) is 0 Å². The van der Waals surface area contributed by atoms with Crippen LogP contribution < -0.4 is 14.2 Å². The maximum atomic E-state index is 12.9. The maximum absolute atomic E-state index is 12.9. The van der Waals surface area contributed by atoms with E-state index in [2.05, 4.69) is 4.72 Å². The van der Waals surface area contributed by atoms with Crippen molar-refractivity contribution in [1.82, 2.24) is 9.62 Å². The van der Waals surface area contributed by atoms with Gasteiger partial charge < -0.3 is 14.4 Å². The van der Waals surface area contributed by atoms with Crippen molar-refractivity contribution in [2.45, 2.75) is 37.6 Å². The van der Waals surface area contributed by atoms with Crippen LogP contribution in [0.2, 0.25) is 0 Å². The molecule has 8 heteroatoms. The van der Waals surface area contributed by atoms with Crippen LogP contribution in [0, 0.1) is 5.92 Å². The molecule has 0 aromatic heterocycles. The Kier molecular flexibility index (Phi) is 6.29. The summed E-state index contributed by atoms with van der Waals surface area (Å²) in [5.41, 5.74) is 0. The lowest BCUT2D eigenvalue weighted by Crippen LogP contribution is -2.50. The number of sulfonamides is 1. The van der Waals surface area contributed by atoms with Crippen LogP contribution in [0.15, 0.2) is 23.1 Å². The maximum Gasteiger partial charge on any atom is 0.245 e. The van der Waals surface area contributed by atoms with E-state index in [1.54, 1.807) is 11.0 Å². The van der Waals surface area contributed by atoms with Gasteiger partial charge >= 0.3 is 0 Å². The molecule has 2 rings (SSSR count). The lowest BCUT2D eigenvalue weighted by Gasteiger charge is -2.26. The molecule has 1 aliphatic rings. The quantitative estimate of drug-likeness (QED) is 0.788. The van der Waals surface area contributed by atoms with Crippen molar-refractivity contribution in [1.29, 1.82) is 0 Å². The molecule has 1 fully saturated rings. The number of hydrogen-bond donors (Lipinski definition) is 1. The topological polar surface area (TPSA) is 84.9 Å². The highest BCUT2D eigenvalue weighted by Crippen LogP contribution is 2.28. The molecule has 0 bridgehead atoms. The minimum atomic E-state index is -3.96. The third-order valence-corrected chi connectivity index (χ3v) is 5.76. The van der Waals surface area contributed by atoms with E-state index in [9.17, 15) is 13.2 Å². The molecule has 0 spiro atoms. The van der Waals surface area contributed by atoms with Crippen LogP contribution in [-0.4, -0.2) is 52.6 Å². The van der Waals surface area contributed by atoms with Crippen LogP contribution in [0.5, 0.6) is 11.5 Å². The molecule has 0 radical (unpaired) electrons. The van der Waals surface area contributed by atoms with Crippen molar-refractivity contribution >= 4 is 15.9 Å². The second kappa shape index (κ2) is 8.05. The van der Waals surface area contributed by atoms with Crippen LogP contribution >= 0.6 is 0 Å². The molecule has 25 heavy (non-hydrogen) atoms. The Labute approximate surface area is 149 Å². The van der Waals surface area contributed by atoms with Crippen molar-refractivity contribution in [2.75, 3.05) is 27.3 Å². The normalized spacial score (nSPS) is 16.1. The molecular weight excluding hydrogens is 344 g/mol. The molecule has 1 N–H and O–H groups in total. The summed E-state index contributed by atoms with van der Waals surface area (Å²) < 4.78 is 38.6. The Morgan fingerprint density at radius 1 is 1.16 bits per heavy atom. The Morgan fingerprint density at radius 2 is 1.80 bits per heavy atom. The third-order valence-electron chi connectivity index (χ3n) is 4.29. The van der Waals surface area contributed by atoms with Crippen LogP contribution in [0.25, 0.3) is 0 Å². The highest BCUT2D eigenvalue weighted by atomic mass is 32.2. The van der Waals surface area contributed by atoms with Crippen molar-refractivity contribution in [2.24, 2.45) is 5.92 Å². The van der Waals surface area contributed by atoms with Gasteiger partial charge in [0.05, 0.1) is 14.2 Å². The SMILES string of the molecule is COc1ccc(OC)c(S(=O)(=O)N[C@@H](C(=O)N2CCCC2)C(C)C)c1. The lowest BCUT2D eigenvalue weighted by molar-refractivity contribution is -0.132. The summed E-state index contributed by atoms with van der Waals surface area (Å²) in [6.07, 6.45) is 1.90. The van der Waals surface area contributed by atoms with Crippen LogP contribution in [0.4, 0.5) is 0 Å². The van der Waals surface area contributed by atoms with E-state index in [4.69, 9.17) is 9.47 Å². The van der Waals surface area contributed by atoms with E-state index in [0.29, 0.717) is 18.8 Å². The highest BCUT2D eigenvalue weighted by molar-refractivity contribution is 7.89. The van der Waals surface area contributed by atoms with Gasteiger partial charge in [0.15, 0.2) is 0 Å². The minimum absolute atomic E-state index is 0.0470. The number of nitrogens with zero attached hydrogens (tertiary/aromatic N) is 1. The first kappa shape index (κ1) is 19.5. The summed E-state index contributed by atoms with van der Waals surface area (Å²) in [6, 6.07) is 3.71. The molecule has 7 nitrogen and oxygen atoms in total. The third kappa shape index (κ3) is 4.43. The number of carbonyl (C=O) groups excluding carboxylic acids is 1. The summed E-state index contributed by atoms with van der Waals surface area (Å²) in [5, 5.41) is 0. The first-order valence-corrected chi connectivity index (χ1v) is 9.81. The van der Waals surface area contributed by atoms with Gasteiger partial charge in [-0.3, -0.25) is 4.79 Å². The van der Waals surface area contributed by atoms with Gasteiger partial charge in [-0.25, -0.2) is 8.42 Å². The number of methoxy groups -OCH3 is 2. The van der Waals surface area contributed by atoms with Gasteiger partial charge in [0.2, 0.25) is 15.9 Å². The number of rotatable bonds is 7. The van der Waals surface area contributed by atoms with E-state index in [-0.39, 0.29) is 22.5 Å². The first-order chi connectivity index (χ1) is 11.8. The average molecular weight is 370 g/mol. The molecule has 1 aromatic carbocycles. The zero-order valence-electron chi connectivity index (χ0n) is 15.1. The van der Waals surface area contributed by atoms with Crippen LogP contribution in [-0.2, 0) is 14.8 Å². The molecule has 1 aliphatic heterocycles. The number of benzene rings is 1. The predicted octanol–water partition coefficient (Wildman–Crippen LogP) is 1.63. The van der Waals surface area contributed by atoms with Gasteiger partial charge in [0, 0.05) is 19.2 Å². The number of likely N-dealkylation sites (tertiary alicyclic amines) is 1. The second-order valence-corrected chi connectivity index (χ2v) is 8.07. The number of nitrogens with one attached hydrogen (secondary N) is 1. The smallest absolute Gasteiger partial charge is 0.245 e. The van der Waals surface area contributed by atoms with Gasteiger partial charge in [-0.2, -0.15) is 4.72 Å². The van der Waals surface area contributed by atoms with Crippen molar-refractivity contribution in [3.8, 4) is 11.5 Å². The molecule has 1 saturated heterocycles. The number of amides is 1. The minimum Gasteiger partial charge on any atom is -0.497 e. The van der Waals surface area contributed by atoms with E-state index >= 15 is 0 Å². The van der Waals surface area contributed by atoms with Gasteiger partial charge in [0.25, 0.3) is 0 Å². The van der Waals surface area contributed by atoms with Crippen molar-refractivity contribution in [3.05, 3.63) is 18.2 Å². The molecule has 0 saturated carbocycles. The fourth-order valence-corrected chi connectivity index (χ4v) is 4.35. The van der Waals surface area contributed by atoms with E-state index in [1.165, 1.54) is 26.4 Å². The number of hydrogen-bond acceptors (Lipinski definition) is 5. The molecular formula is C17H26N2O5S. The fraction of sp³-hybridized carbons (Fsp3) is 0.588. The Morgan fingerprint density at radius 3 is 2.32 bits per heavy atom. The zero-order valence-corrected chi connectivity index (χ0v) is 15.9. The number of ether oxygens (including phenoxy) is 2. The highest BCUT2D eigenvalue weighted by Gasteiger charge is 2.33. The molecule has 1 heterocycles. The second-order valence-electron chi connectivity index (χ2n) is 6.39. The van der Waals surface area contributed by atoms with Gasteiger partial charge in [-0.05, 0) is 30.9 Å². The molecule has 1 aromatic rings. The Bertz CT molecular complexity index is 712. The van der Waals surface area contributed by atoms with Crippen LogP contribution in [0.1, 0.15) is 26.7 Å². The van der Waals surface area contributed by atoms with E-state index < -0.39 is 16.1 Å². The standard InChI is InChI=1S/C17H26N2O5S/c1-12(2)16(17(20)19-9-5-6-10-19)18-25(21,22)15-11-13(23-3)7-8-14(15)24-4/h7-8,11-12,16,18H,5-6,9-10H2,1-4H3/t16-/m1/s1. The predicted molar refractivity (Wildman–Crippen MR) is 94.3 cm³/mol. The molecule has 0 aliphatic carbocycles. The zero-order chi connectivity index (χ0) is 18.6. The fourth-order valence-electron chi connectivity index (χ4n) is 2.83. The first-order valence-electron chi connectivity index (χ1n) is 8.33. The van der Waals surface area contributed by atoms with Gasteiger partial charge in [-0.15, -0.1) is 0 Å². The summed E-state index contributed by atoms with van der Waals surface area (Å²) in [4.78, 5) is 14.4. The molecule has 1 atom stereocenters. The molecule has 1 amide bonds. The summed E-state index contributed by atoms with van der Waals surface area (Å²) >= 11 is 0. The molecule has 140 valence electrons. The van der Waals surface area contributed by atoms with E-state index in [0.717, 1.165) is 12.8 Å². The summed E-state index contributed by atoms with van der Waals surface area (Å²) in [5.74, 6) is 0.231. The summed E-state index contributed by atoms with van der Waals surface area (Å²) in [6.45, 7) is 4.99. The number of carbonyl (C=O) groups is 1. The van der Waals surface area contributed by atoms with Gasteiger partial charge in [0.1, 0.15) is 22.4 Å².